The van der Waals surface area contributed by atoms with Crippen molar-refractivity contribution in [3.63, 3.8) is 0 Å². The molecule has 0 aromatic heterocycles. The van der Waals surface area contributed by atoms with E-state index in [-0.39, 0.29) is 0 Å². The Morgan fingerprint density at radius 3 is 2.04 bits per heavy atom. The average Bonchev–Trinajstić information content (AvgIpc) is 2.66. The van der Waals surface area contributed by atoms with E-state index in [1.54, 1.807) is 0 Å². The van der Waals surface area contributed by atoms with Crippen LogP contribution in [0.1, 0.15) is 26.7 Å². The maximum absolute atomic E-state index is 6.13. The lowest BCUT2D eigenvalue weighted by atomic mass is 10.1. The highest BCUT2D eigenvalue weighted by Crippen LogP contribution is 2.43. The van der Waals surface area contributed by atoms with Crippen molar-refractivity contribution < 1.29 is 14.2 Å². The van der Waals surface area contributed by atoms with Crippen LogP contribution in [0.4, 0.5) is 0 Å². The van der Waals surface area contributed by atoms with Crippen LogP contribution in [-0.4, -0.2) is 13.2 Å². The third-order valence-corrected chi connectivity index (χ3v) is 3.81. The summed E-state index contributed by atoms with van der Waals surface area (Å²) in [6.07, 6.45) is 1.89. The monoisotopic (exact) mass is 336 g/mol. The molecule has 0 radical (unpaired) electrons. The van der Waals surface area contributed by atoms with Crippen molar-refractivity contribution in [2.75, 3.05) is 13.2 Å². The summed E-state index contributed by atoms with van der Waals surface area (Å²) in [7, 11) is 0. The summed E-state index contributed by atoms with van der Waals surface area (Å²) in [6.45, 7) is 5.51. The predicted octanol–water partition coefficient (Wildman–Crippen LogP) is 6.21. The fourth-order valence-corrected chi connectivity index (χ4v) is 2.67. The summed E-state index contributed by atoms with van der Waals surface area (Å²) in [4.78, 5) is 0. The SMILES string of the molecule is CCCOc1cc(Oc2ccccc2)c(OCCC)c2ccccc12. The second kappa shape index (κ2) is 8.43. The summed E-state index contributed by atoms with van der Waals surface area (Å²) in [5, 5.41) is 2.05. The number of rotatable bonds is 8. The van der Waals surface area contributed by atoms with Crippen molar-refractivity contribution in [2.24, 2.45) is 0 Å². The smallest absolute Gasteiger partial charge is 0.173 e. The normalized spacial score (nSPS) is 10.6. The number of ether oxygens (including phenoxy) is 3. The van der Waals surface area contributed by atoms with Crippen molar-refractivity contribution in [3.8, 4) is 23.0 Å². The van der Waals surface area contributed by atoms with Gasteiger partial charge in [0, 0.05) is 16.8 Å². The molecule has 3 rings (SSSR count). The van der Waals surface area contributed by atoms with Crippen LogP contribution in [0.15, 0.2) is 60.7 Å². The van der Waals surface area contributed by atoms with Gasteiger partial charge in [-0.05, 0) is 25.0 Å². The van der Waals surface area contributed by atoms with Gasteiger partial charge in [0.1, 0.15) is 11.5 Å². The second-order valence-corrected chi connectivity index (χ2v) is 5.86. The molecule has 3 heteroatoms. The van der Waals surface area contributed by atoms with E-state index in [2.05, 4.69) is 26.0 Å². The van der Waals surface area contributed by atoms with E-state index >= 15 is 0 Å². The molecule has 0 saturated heterocycles. The van der Waals surface area contributed by atoms with Gasteiger partial charge < -0.3 is 14.2 Å². The molecule has 0 saturated carbocycles. The van der Waals surface area contributed by atoms with E-state index in [4.69, 9.17) is 14.2 Å². The molecule has 0 aliphatic rings. The van der Waals surface area contributed by atoms with Crippen molar-refractivity contribution in [2.45, 2.75) is 26.7 Å². The standard InChI is InChI=1S/C22H24O3/c1-3-14-23-20-16-21(25-17-10-6-5-7-11-17)22(24-15-4-2)19-13-9-8-12-18(19)20/h5-13,16H,3-4,14-15H2,1-2H3. The zero-order valence-electron chi connectivity index (χ0n) is 14.8. The van der Waals surface area contributed by atoms with Crippen LogP contribution in [0.2, 0.25) is 0 Å². The minimum atomic E-state index is 0.643. The number of benzene rings is 3. The second-order valence-electron chi connectivity index (χ2n) is 5.86. The molecule has 25 heavy (non-hydrogen) atoms. The molecule has 0 fully saturated rings. The van der Waals surface area contributed by atoms with Crippen molar-refractivity contribution in [3.05, 3.63) is 60.7 Å². The maximum atomic E-state index is 6.13. The highest BCUT2D eigenvalue weighted by atomic mass is 16.5. The predicted molar refractivity (Wildman–Crippen MR) is 102 cm³/mol. The minimum absolute atomic E-state index is 0.643. The molecule has 0 aliphatic carbocycles. The first-order valence-electron chi connectivity index (χ1n) is 8.87. The Morgan fingerprint density at radius 2 is 1.32 bits per heavy atom. The Morgan fingerprint density at radius 1 is 0.680 bits per heavy atom. The van der Waals surface area contributed by atoms with Gasteiger partial charge in [-0.15, -0.1) is 0 Å². The van der Waals surface area contributed by atoms with Crippen LogP contribution in [0.5, 0.6) is 23.0 Å². The number of hydrogen-bond donors (Lipinski definition) is 0. The molecule has 130 valence electrons. The Labute approximate surface area is 149 Å². The van der Waals surface area contributed by atoms with Crippen LogP contribution >= 0.6 is 0 Å². The Bertz CT molecular complexity index is 812. The largest absolute Gasteiger partial charge is 0.493 e. The van der Waals surface area contributed by atoms with E-state index in [1.807, 2.05) is 48.5 Å². The summed E-state index contributed by atoms with van der Waals surface area (Å²) in [6, 6.07) is 19.8. The van der Waals surface area contributed by atoms with E-state index in [1.165, 1.54) is 0 Å². The Kier molecular flexibility index (Phi) is 5.78. The fourth-order valence-electron chi connectivity index (χ4n) is 2.67. The molecule has 3 aromatic carbocycles. The molecule has 0 spiro atoms. The van der Waals surface area contributed by atoms with E-state index < -0.39 is 0 Å². The number of hydrogen-bond acceptors (Lipinski definition) is 3. The van der Waals surface area contributed by atoms with E-state index in [0.29, 0.717) is 19.0 Å². The van der Waals surface area contributed by atoms with Gasteiger partial charge in [0.05, 0.1) is 13.2 Å². The highest BCUT2D eigenvalue weighted by molar-refractivity contribution is 5.95. The fraction of sp³-hybridized carbons (Fsp3) is 0.273. The topological polar surface area (TPSA) is 27.7 Å². The molecule has 3 aromatic rings. The van der Waals surface area contributed by atoms with Gasteiger partial charge in [-0.25, -0.2) is 0 Å². The molecule has 0 bridgehead atoms. The van der Waals surface area contributed by atoms with Gasteiger partial charge in [-0.2, -0.15) is 0 Å². The Balaban J connectivity index is 2.10. The van der Waals surface area contributed by atoms with Gasteiger partial charge in [-0.3, -0.25) is 0 Å². The zero-order valence-corrected chi connectivity index (χ0v) is 14.8. The van der Waals surface area contributed by atoms with Crippen LogP contribution in [0.3, 0.4) is 0 Å². The minimum Gasteiger partial charge on any atom is -0.493 e. The molecular formula is C22H24O3. The van der Waals surface area contributed by atoms with Gasteiger partial charge in [0.25, 0.3) is 0 Å². The van der Waals surface area contributed by atoms with Crippen LogP contribution in [-0.2, 0) is 0 Å². The molecule has 0 unspecified atom stereocenters. The zero-order chi connectivity index (χ0) is 17.5. The van der Waals surface area contributed by atoms with Crippen molar-refractivity contribution >= 4 is 10.8 Å². The van der Waals surface area contributed by atoms with Gasteiger partial charge in [0.2, 0.25) is 0 Å². The molecule has 0 amide bonds. The van der Waals surface area contributed by atoms with Gasteiger partial charge in [-0.1, -0.05) is 56.3 Å². The first-order valence-corrected chi connectivity index (χ1v) is 8.87. The lowest BCUT2D eigenvalue weighted by Gasteiger charge is -2.18. The van der Waals surface area contributed by atoms with E-state index in [0.717, 1.165) is 40.9 Å². The molecular weight excluding hydrogens is 312 g/mol. The summed E-state index contributed by atoms with van der Waals surface area (Å²) in [5.74, 6) is 3.06. The molecule has 0 heterocycles. The molecule has 0 aliphatic heterocycles. The van der Waals surface area contributed by atoms with Crippen LogP contribution in [0.25, 0.3) is 10.8 Å². The van der Waals surface area contributed by atoms with Gasteiger partial charge in [0.15, 0.2) is 11.5 Å². The molecule has 3 nitrogen and oxygen atoms in total. The van der Waals surface area contributed by atoms with Crippen LogP contribution in [0, 0.1) is 0 Å². The van der Waals surface area contributed by atoms with Gasteiger partial charge >= 0.3 is 0 Å². The average molecular weight is 336 g/mol. The lowest BCUT2D eigenvalue weighted by molar-refractivity contribution is 0.300. The quantitative estimate of drug-likeness (QED) is 0.489. The third kappa shape index (κ3) is 4.05. The van der Waals surface area contributed by atoms with Crippen molar-refractivity contribution in [1.82, 2.24) is 0 Å². The van der Waals surface area contributed by atoms with E-state index in [9.17, 15) is 0 Å². The summed E-state index contributed by atoms with van der Waals surface area (Å²) < 4.78 is 18.2. The first kappa shape index (κ1) is 17.2. The Hall–Kier alpha value is -2.68. The lowest BCUT2D eigenvalue weighted by Crippen LogP contribution is -2.01. The molecule has 0 atom stereocenters. The molecule has 0 N–H and O–H groups in total. The summed E-state index contributed by atoms with van der Waals surface area (Å²) >= 11 is 0. The first-order chi connectivity index (χ1) is 12.3. The highest BCUT2D eigenvalue weighted by Gasteiger charge is 2.16. The summed E-state index contributed by atoms with van der Waals surface area (Å²) in [5.41, 5.74) is 0. The number of para-hydroxylation sites is 1. The number of fused-ring (bicyclic) bond motifs is 1. The maximum Gasteiger partial charge on any atom is 0.173 e. The third-order valence-electron chi connectivity index (χ3n) is 3.81. The van der Waals surface area contributed by atoms with Crippen molar-refractivity contribution in [1.29, 1.82) is 0 Å². The van der Waals surface area contributed by atoms with Crippen LogP contribution < -0.4 is 14.2 Å².